The van der Waals surface area contributed by atoms with Gasteiger partial charge >= 0.3 is 5.97 Å². The smallest absolute Gasteiger partial charge is 0.323 e. The van der Waals surface area contributed by atoms with Gasteiger partial charge in [0, 0.05) is 4.47 Å². The Hall–Kier alpha value is -0.910. The molecule has 0 aliphatic heterocycles. The van der Waals surface area contributed by atoms with Gasteiger partial charge in [-0.2, -0.15) is 0 Å². The second kappa shape index (κ2) is 4.54. The van der Waals surface area contributed by atoms with Crippen molar-refractivity contribution in [2.75, 3.05) is 0 Å². The van der Waals surface area contributed by atoms with Gasteiger partial charge in [-0.15, -0.1) is 0 Å². The zero-order valence-electron chi connectivity index (χ0n) is 7.22. The van der Waals surface area contributed by atoms with Gasteiger partial charge in [0.15, 0.2) is 0 Å². The molecule has 0 unspecified atom stereocenters. The van der Waals surface area contributed by atoms with Crippen molar-refractivity contribution in [3.63, 3.8) is 0 Å². The van der Waals surface area contributed by atoms with Crippen LogP contribution >= 0.6 is 15.9 Å². The number of aliphatic carboxylic acids is 1. The van der Waals surface area contributed by atoms with Gasteiger partial charge in [0.1, 0.15) is 12.1 Å². The average Bonchev–Trinajstić information content (AvgIpc) is 2.16. The van der Waals surface area contributed by atoms with Crippen molar-refractivity contribution in [2.24, 2.45) is 5.73 Å². The molecule has 2 atom stereocenters. The molecule has 14 heavy (non-hydrogen) atoms. The lowest BCUT2D eigenvalue weighted by molar-refractivity contribution is -0.141. The highest BCUT2D eigenvalue weighted by atomic mass is 79.9. The highest BCUT2D eigenvalue weighted by Crippen LogP contribution is 2.18. The van der Waals surface area contributed by atoms with E-state index in [4.69, 9.17) is 10.8 Å². The third kappa shape index (κ3) is 2.54. The van der Waals surface area contributed by atoms with Crippen LogP contribution in [0.5, 0.6) is 0 Å². The third-order valence-corrected chi connectivity index (χ3v) is 2.37. The van der Waals surface area contributed by atoms with Crippen molar-refractivity contribution in [3.8, 4) is 0 Å². The molecule has 0 bridgehead atoms. The van der Waals surface area contributed by atoms with Gasteiger partial charge in [-0.3, -0.25) is 4.79 Å². The van der Waals surface area contributed by atoms with Crippen LogP contribution < -0.4 is 5.73 Å². The van der Waals surface area contributed by atoms with Crippen LogP contribution in [0.2, 0.25) is 0 Å². The highest BCUT2D eigenvalue weighted by Gasteiger charge is 2.23. The highest BCUT2D eigenvalue weighted by molar-refractivity contribution is 9.10. The van der Waals surface area contributed by atoms with Gasteiger partial charge in [0.2, 0.25) is 0 Å². The van der Waals surface area contributed by atoms with Crippen LogP contribution in [0.1, 0.15) is 11.7 Å². The quantitative estimate of drug-likeness (QED) is 0.753. The zero-order chi connectivity index (χ0) is 10.7. The van der Waals surface area contributed by atoms with E-state index in [9.17, 15) is 9.90 Å². The second-order valence-corrected chi connectivity index (χ2v) is 3.78. The van der Waals surface area contributed by atoms with Crippen molar-refractivity contribution in [1.29, 1.82) is 0 Å². The monoisotopic (exact) mass is 259 g/mol. The number of carboxylic acid groups (broad SMARTS) is 1. The summed E-state index contributed by atoms with van der Waals surface area (Å²) in [5.74, 6) is -1.22. The Bertz CT molecular complexity index is 325. The molecule has 0 heterocycles. The predicted octanol–water partition coefficient (Wildman–Crippen LogP) is 0.894. The van der Waals surface area contributed by atoms with Crippen LogP contribution in [0.4, 0.5) is 0 Å². The van der Waals surface area contributed by atoms with Gasteiger partial charge in [-0.25, -0.2) is 0 Å². The Kier molecular flexibility index (Phi) is 3.62. The number of carbonyl (C=O) groups is 1. The van der Waals surface area contributed by atoms with Gasteiger partial charge < -0.3 is 15.9 Å². The van der Waals surface area contributed by atoms with E-state index in [2.05, 4.69) is 15.9 Å². The normalized spacial score (nSPS) is 14.8. The summed E-state index contributed by atoms with van der Waals surface area (Å²) in [5, 5.41) is 18.1. The van der Waals surface area contributed by atoms with Crippen LogP contribution in [0.15, 0.2) is 28.7 Å². The Morgan fingerprint density at radius 2 is 1.86 bits per heavy atom. The van der Waals surface area contributed by atoms with E-state index in [0.717, 1.165) is 4.47 Å². The van der Waals surface area contributed by atoms with Gasteiger partial charge in [0.25, 0.3) is 0 Å². The molecule has 0 spiro atoms. The topological polar surface area (TPSA) is 83.6 Å². The Labute approximate surface area is 89.5 Å². The van der Waals surface area contributed by atoms with Crippen molar-refractivity contribution < 1.29 is 15.0 Å². The molecule has 0 amide bonds. The molecule has 0 radical (unpaired) electrons. The molecular weight excluding hydrogens is 250 g/mol. The van der Waals surface area contributed by atoms with E-state index in [1.165, 1.54) is 0 Å². The summed E-state index contributed by atoms with van der Waals surface area (Å²) in [6, 6.07) is 5.38. The number of hydrogen-bond donors (Lipinski definition) is 3. The lowest BCUT2D eigenvalue weighted by Gasteiger charge is -2.14. The van der Waals surface area contributed by atoms with Crippen molar-refractivity contribution in [3.05, 3.63) is 34.3 Å². The van der Waals surface area contributed by atoms with Crippen LogP contribution in [0.3, 0.4) is 0 Å². The van der Waals surface area contributed by atoms with Crippen molar-refractivity contribution in [2.45, 2.75) is 12.1 Å². The summed E-state index contributed by atoms with van der Waals surface area (Å²) < 4.78 is 0.859. The number of benzene rings is 1. The zero-order valence-corrected chi connectivity index (χ0v) is 8.81. The largest absolute Gasteiger partial charge is 0.480 e. The first-order chi connectivity index (χ1) is 6.52. The Morgan fingerprint density at radius 1 is 1.36 bits per heavy atom. The maximum atomic E-state index is 10.5. The number of rotatable bonds is 3. The maximum absolute atomic E-state index is 10.5. The summed E-state index contributed by atoms with van der Waals surface area (Å²) in [5.41, 5.74) is 5.76. The van der Waals surface area contributed by atoms with Gasteiger partial charge in [0.05, 0.1) is 0 Å². The fraction of sp³-hybridized carbons (Fsp3) is 0.222. The maximum Gasteiger partial charge on any atom is 0.323 e. The van der Waals surface area contributed by atoms with Crippen LogP contribution in [-0.4, -0.2) is 22.2 Å². The first-order valence-corrected chi connectivity index (χ1v) is 4.73. The number of aliphatic hydroxyl groups excluding tert-OH is 1. The predicted molar refractivity (Wildman–Crippen MR) is 54.7 cm³/mol. The van der Waals surface area contributed by atoms with E-state index in [1.807, 2.05) is 0 Å². The number of nitrogens with two attached hydrogens (primary N) is 1. The minimum atomic E-state index is -1.30. The summed E-state index contributed by atoms with van der Waals surface area (Å²) >= 11 is 3.23. The lowest BCUT2D eigenvalue weighted by atomic mass is 10.0. The number of halogens is 1. The van der Waals surface area contributed by atoms with E-state index >= 15 is 0 Å². The summed E-state index contributed by atoms with van der Waals surface area (Å²) in [7, 11) is 0. The molecule has 0 aliphatic carbocycles. The van der Waals surface area contributed by atoms with E-state index in [1.54, 1.807) is 24.3 Å². The second-order valence-electron chi connectivity index (χ2n) is 2.86. The average molecular weight is 260 g/mol. The number of hydrogen-bond acceptors (Lipinski definition) is 3. The molecule has 4 N–H and O–H groups in total. The number of aliphatic hydroxyl groups is 1. The number of carboxylic acids is 1. The molecule has 5 heteroatoms. The van der Waals surface area contributed by atoms with Gasteiger partial charge in [-0.05, 0) is 17.7 Å². The van der Waals surface area contributed by atoms with Crippen molar-refractivity contribution in [1.82, 2.24) is 0 Å². The summed E-state index contributed by atoms with van der Waals surface area (Å²) in [6.07, 6.45) is -1.18. The lowest BCUT2D eigenvalue weighted by Crippen LogP contribution is -2.36. The molecule has 1 aromatic carbocycles. The van der Waals surface area contributed by atoms with Crippen LogP contribution in [0.25, 0.3) is 0 Å². The molecule has 1 rings (SSSR count). The molecule has 76 valence electrons. The molecule has 4 nitrogen and oxygen atoms in total. The van der Waals surface area contributed by atoms with E-state index in [0.29, 0.717) is 5.56 Å². The van der Waals surface area contributed by atoms with Crippen LogP contribution in [0, 0.1) is 0 Å². The third-order valence-electron chi connectivity index (χ3n) is 1.84. The van der Waals surface area contributed by atoms with Crippen LogP contribution in [-0.2, 0) is 4.79 Å². The fourth-order valence-electron chi connectivity index (χ4n) is 1.00. The summed E-state index contributed by atoms with van der Waals surface area (Å²) in [4.78, 5) is 10.5. The molecule has 1 aromatic rings. The standard InChI is InChI=1S/C9H10BrNO3/c10-6-3-1-5(2-4-6)8(12)7(11)9(13)14/h1-4,7-8,12H,11H2,(H,13,14)/t7-,8+/m1/s1. The molecule has 0 aliphatic rings. The van der Waals surface area contributed by atoms with Gasteiger partial charge in [-0.1, -0.05) is 28.1 Å². The first-order valence-electron chi connectivity index (χ1n) is 3.94. The molecular formula is C9H10BrNO3. The van der Waals surface area contributed by atoms with Crippen molar-refractivity contribution >= 4 is 21.9 Å². The Morgan fingerprint density at radius 3 is 2.29 bits per heavy atom. The first kappa shape index (κ1) is 11.2. The van der Waals surface area contributed by atoms with E-state index in [-0.39, 0.29) is 0 Å². The molecule has 0 saturated carbocycles. The van der Waals surface area contributed by atoms with E-state index < -0.39 is 18.1 Å². The Balaban J connectivity index is 2.84. The molecule has 0 saturated heterocycles. The molecule has 0 fully saturated rings. The minimum Gasteiger partial charge on any atom is -0.480 e. The molecule has 0 aromatic heterocycles. The minimum absolute atomic E-state index is 0.489. The summed E-state index contributed by atoms with van der Waals surface area (Å²) in [6.45, 7) is 0. The SMILES string of the molecule is N[C@@H](C(=O)O)[C@@H](O)c1ccc(Br)cc1. The fourth-order valence-corrected chi connectivity index (χ4v) is 1.27.